The van der Waals surface area contributed by atoms with Gasteiger partial charge in [0.25, 0.3) is 17.7 Å². The summed E-state index contributed by atoms with van der Waals surface area (Å²) in [7, 11) is 0. The zero-order chi connectivity index (χ0) is 21.3. The highest BCUT2D eigenvalue weighted by molar-refractivity contribution is 6.53. The quantitative estimate of drug-likeness (QED) is 0.730. The molecule has 2 aliphatic rings. The number of halogens is 2. The Hall–Kier alpha value is -2.87. The first-order chi connectivity index (χ1) is 14.5. The van der Waals surface area contributed by atoms with Gasteiger partial charge in [-0.3, -0.25) is 14.4 Å². The Bertz CT molecular complexity index is 1050. The van der Waals surface area contributed by atoms with Crippen molar-refractivity contribution in [2.24, 2.45) is 0 Å². The van der Waals surface area contributed by atoms with Crippen molar-refractivity contribution in [3.8, 4) is 0 Å². The van der Waals surface area contributed by atoms with Crippen LogP contribution < -0.4 is 10.2 Å². The van der Waals surface area contributed by atoms with Crippen LogP contribution in [0.1, 0.15) is 10.4 Å². The van der Waals surface area contributed by atoms with Crippen molar-refractivity contribution in [2.75, 3.05) is 36.5 Å². The highest BCUT2D eigenvalue weighted by atomic mass is 35.5. The number of ether oxygens (including phenoxy) is 1. The van der Waals surface area contributed by atoms with Gasteiger partial charge in [-0.15, -0.1) is 0 Å². The van der Waals surface area contributed by atoms with Gasteiger partial charge >= 0.3 is 0 Å². The van der Waals surface area contributed by atoms with E-state index in [-0.39, 0.29) is 16.6 Å². The number of hydrogen-bond donors (Lipinski definition) is 1. The molecule has 2 aliphatic heterocycles. The Morgan fingerprint density at radius 2 is 1.67 bits per heavy atom. The van der Waals surface area contributed by atoms with Crippen molar-refractivity contribution in [1.82, 2.24) is 4.90 Å². The van der Waals surface area contributed by atoms with E-state index in [4.69, 9.17) is 27.9 Å². The molecular formula is C21H17Cl2N3O4. The number of anilines is 2. The van der Waals surface area contributed by atoms with E-state index in [0.29, 0.717) is 48.3 Å². The molecule has 0 spiro atoms. The molecule has 1 N–H and O–H groups in total. The van der Waals surface area contributed by atoms with Gasteiger partial charge in [-0.25, -0.2) is 4.90 Å². The van der Waals surface area contributed by atoms with Crippen LogP contribution in [0, 0.1) is 0 Å². The molecule has 3 amide bonds. The minimum absolute atomic E-state index is 0.0334. The topological polar surface area (TPSA) is 79.0 Å². The predicted molar refractivity (Wildman–Crippen MR) is 114 cm³/mol. The minimum Gasteiger partial charge on any atom is -0.378 e. The van der Waals surface area contributed by atoms with Crippen LogP contribution in [0.15, 0.2) is 59.3 Å². The molecule has 0 bridgehead atoms. The molecule has 1 saturated heterocycles. The average Bonchev–Trinajstić information content (AvgIpc) is 2.97. The molecule has 30 heavy (non-hydrogen) atoms. The molecule has 7 nitrogen and oxygen atoms in total. The predicted octanol–water partition coefficient (Wildman–Crippen LogP) is 3.25. The van der Waals surface area contributed by atoms with E-state index >= 15 is 0 Å². The molecule has 0 aliphatic carbocycles. The maximum atomic E-state index is 12.8. The first kappa shape index (κ1) is 20.4. The number of amides is 3. The lowest BCUT2D eigenvalue weighted by atomic mass is 10.1. The van der Waals surface area contributed by atoms with E-state index in [1.165, 1.54) is 6.07 Å². The molecule has 0 radical (unpaired) electrons. The smallest absolute Gasteiger partial charge is 0.283 e. The summed E-state index contributed by atoms with van der Waals surface area (Å²) in [5, 5.41) is 3.07. The largest absolute Gasteiger partial charge is 0.378 e. The third-order valence-corrected chi connectivity index (χ3v) is 5.38. The number of morpholine rings is 1. The van der Waals surface area contributed by atoms with Crippen molar-refractivity contribution in [2.45, 2.75) is 0 Å². The van der Waals surface area contributed by atoms with Crippen LogP contribution in [0.3, 0.4) is 0 Å². The summed E-state index contributed by atoms with van der Waals surface area (Å²) in [6, 6.07) is 13.0. The standard InChI is InChI=1S/C21H17Cl2N3O4/c22-14-2-1-3-16(12-14)26-20(28)17(23)18(21(26)29)24-15-6-4-13(5-7-15)19(27)25-8-10-30-11-9-25/h1-7,12,24H,8-11H2. The van der Waals surface area contributed by atoms with E-state index in [0.717, 1.165) is 4.90 Å². The Morgan fingerprint density at radius 3 is 2.33 bits per heavy atom. The van der Waals surface area contributed by atoms with Crippen LogP contribution in [0.2, 0.25) is 5.02 Å². The number of carbonyl (C=O) groups excluding carboxylic acids is 3. The number of benzene rings is 2. The van der Waals surface area contributed by atoms with Crippen molar-refractivity contribution in [1.29, 1.82) is 0 Å². The van der Waals surface area contributed by atoms with Crippen LogP contribution in [0.5, 0.6) is 0 Å². The Morgan fingerprint density at radius 1 is 0.967 bits per heavy atom. The second-order valence-electron chi connectivity index (χ2n) is 6.72. The highest BCUT2D eigenvalue weighted by Gasteiger charge is 2.39. The molecule has 1 fully saturated rings. The summed E-state index contributed by atoms with van der Waals surface area (Å²) in [5.41, 5.74) is 1.35. The fourth-order valence-electron chi connectivity index (χ4n) is 3.25. The Labute approximate surface area is 182 Å². The third kappa shape index (κ3) is 3.92. The van der Waals surface area contributed by atoms with Crippen molar-refractivity contribution in [3.05, 3.63) is 69.8 Å². The summed E-state index contributed by atoms with van der Waals surface area (Å²) in [6.45, 7) is 2.16. The highest BCUT2D eigenvalue weighted by Crippen LogP contribution is 2.31. The van der Waals surface area contributed by atoms with E-state index in [9.17, 15) is 14.4 Å². The Balaban J connectivity index is 1.50. The van der Waals surface area contributed by atoms with Gasteiger partial charge in [0.2, 0.25) is 0 Å². The lowest BCUT2D eigenvalue weighted by Gasteiger charge is -2.26. The normalized spacial score (nSPS) is 17.0. The van der Waals surface area contributed by atoms with Gasteiger partial charge in [-0.2, -0.15) is 0 Å². The van der Waals surface area contributed by atoms with Crippen molar-refractivity contribution < 1.29 is 19.1 Å². The first-order valence-corrected chi connectivity index (χ1v) is 9.99. The molecule has 0 unspecified atom stereocenters. The Kier molecular flexibility index (Phi) is 5.76. The molecular weight excluding hydrogens is 429 g/mol. The van der Waals surface area contributed by atoms with Crippen LogP contribution >= 0.6 is 23.2 Å². The van der Waals surface area contributed by atoms with Gasteiger partial charge in [0, 0.05) is 29.4 Å². The number of imide groups is 1. The van der Waals surface area contributed by atoms with Gasteiger partial charge in [-0.05, 0) is 42.5 Å². The van der Waals surface area contributed by atoms with E-state index in [2.05, 4.69) is 5.32 Å². The second-order valence-corrected chi connectivity index (χ2v) is 7.54. The monoisotopic (exact) mass is 445 g/mol. The molecule has 2 aromatic carbocycles. The number of hydrogen-bond acceptors (Lipinski definition) is 5. The average molecular weight is 446 g/mol. The molecule has 2 aromatic rings. The molecule has 9 heteroatoms. The summed E-state index contributed by atoms with van der Waals surface area (Å²) in [4.78, 5) is 40.6. The zero-order valence-corrected chi connectivity index (χ0v) is 17.2. The van der Waals surface area contributed by atoms with Gasteiger partial charge in [0.1, 0.15) is 10.7 Å². The van der Waals surface area contributed by atoms with E-state index in [1.54, 1.807) is 47.4 Å². The number of nitrogens with zero attached hydrogens (tertiary/aromatic N) is 2. The number of nitrogens with one attached hydrogen (secondary N) is 1. The maximum Gasteiger partial charge on any atom is 0.283 e. The van der Waals surface area contributed by atoms with Crippen molar-refractivity contribution in [3.63, 3.8) is 0 Å². The summed E-state index contributed by atoms with van der Waals surface area (Å²) >= 11 is 12.1. The van der Waals surface area contributed by atoms with E-state index < -0.39 is 11.8 Å². The lowest BCUT2D eigenvalue weighted by Crippen LogP contribution is -2.40. The minimum atomic E-state index is -0.634. The van der Waals surface area contributed by atoms with Crippen LogP contribution in [0.25, 0.3) is 0 Å². The molecule has 0 atom stereocenters. The fourth-order valence-corrected chi connectivity index (χ4v) is 3.65. The molecule has 0 saturated carbocycles. The van der Waals surface area contributed by atoms with Gasteiger partial charge in [0.15, 0.2) is 0 Å². The first-order valence-electron chi connectivity index (χ1n) is 9.24. The van der Waals surface area contributed by atoms with Crippen molar-refractivity contribution >= 4 is 52.3 Å². The van der Waals surface area contributed by atoms with Gasteiger partial charge in [-0.1, -0.05) is 29.3 Å². The SMILES string of the molecule is O=C(c1ccc(NC2=C(Cl)C(=O)N(c3cccc(Cl)c3)C2=O)cc1)N1CCOCC1. The summed E-state index contributed by atoms with van der Waals surface area (Å²) in [6.07, 6.45) is 0. The summed E-state index contributed by atoms with van der Waals surface area (Å²) in [5.74, 6) is -1.30. The molecule has 4 rings (SSSR count). The maximum absolute atomic E-state index is 12.8. The van der Waals surface area contributed by atoms with Crippen LogP contribution in [0.4, 0.5) is 11.4 Å². The third-order valence-electron chi connectivity index (χ3n) is 4.79. The number of carbonyl (C=O) groups is 3. The zero-order valence-electron chi connectivity index (χ0n) is 15.7. The van der Waals surface area contributed by atoms with Crippen LogP contribution in [-0.2, 0) is 14.3 Å². The van der Waals surface area contributed by atoms with E-state index in [1.807, 2.05) is 0 Å². The van der Waals surface area contributed by atoms with Crippen LogP contribution in [-0.4, -0.2) is 48.9 Å². The number of rotatable bonds is 4. The van der Waals surface area contributed by atoms with Gasteiger partial charge in [0.05, 0.1) is 18.9 Å². The molecule has 2 heterocycles. The summed E-state index contributed by atoms with van der Waals surface area (Å²) < 4.78 is 5.26. The molecule has 0 aromatic heterocycles. The second kappa shape index (κ2) is 8.47. The lowest BCUT2D eigenvalue weighted by molar-refractivity contribution is -0.120. The van der Waals surface area contributed by atoms with Gasteiger partial charge < -0.3 is 15.0 Å². The fraction of sp³-hybridized carbons (Fsp3) is 0.190. The molecule has 154 valence electrons.